The lowest BCUT2D eigenvalue weighted by molar-refractivity contribution is -0.139. The van der Waals surface area contributed by atoms with E-state index < -0.39 is 5.97 Å². The quantitative estimate of drug-likeness (QED) is 0.361. The van der Waals surface area contributed by atoms with Crippen molar-refractivity contribution in [3.63, 3.8) is 0 Å². The zero-order valence-electron chi connectivity index (χ0n) is 14.4. The molecule has 0 unspecified atom stereocenters. The molecule has 0 aliphatic rings. The SMILES string of the molecule is O=C(/C=C/c1cccc2cccnc12)OCc1csc(-c2ccccc2)n1. The predicted octanol–water partition coefficient (Wildman–Crippen LogP) is 5.11. The minimum absolute atomic E-state index is 0.153. The number of rotatable bonds is 5. The lowest BCUT2D eigenvalue weighted by Crippen LogP contribution is -2.01. The fourth-order valence-electron chi connectivity index (χ4n) is 2.70. The van der Waals surface area contributed by atoms with Crippen molar-refractivity contribution in [1.82, 2.24) is 9.97 Å². The third kappa shape index (κ3) is 4.10. The highest BCUT2D eigenvalue weighted by Gasteiger charge is 2.06. The standard InChI is InChI=1S/C22H16N2O2S/c25-20(12-11-17-9-4-8-16-10-5-13-23-21(16)17)26-14-19-15-27-22(24-19)18-6-2-1-3-7-18/h1-13,15H,14H2/b12-11+. The van der Waals surface area contributed by atoms with Crippen molar-refractivity contribution in [1.29, 1.82) is 0 Å². The lowest BCUT2D eigenvalue weighted by Gasteiger charge is -2.01. The molecule has 27 heavy (non-hydrogen) atoms. The molecule has 2 aromatic heterocycles. The van der Waals surface area contributed by atoms with Crippen LogP contribution in [0, 0.1) is 0 Å². The van der Waals surface area contributed by atoms with Gasteiger partial charge < -0.3 is 4.74 Å². The van der Waals surface area contributed by atoms with Crippen LogP contribution >= 0.6 is 11.3 Å². The van der Waals surface area contributed by atoms with Crippen LogP contribution < -0.4 is 0 Å². The highest BCUT2D eigenvalue weighted by Crippen LogP contribution is 2.23. The minimum atomic E-state index is -0.405. The van der Waals surface area contributed by atoms with Crippen LogP contribution in [-0.4, -0.2) is 15.9 Å². The molecule has 2 heterocycles. The summed E-state index contributed by atoms with van der Waals surface area (Å²) in [7, 11) is 0. The van der Waals surface area contributed by atoms with E-state index in [0.717, 1.165) is 32.7 Å². The van der Waals surface area contributed by atoms with Crippen molar-refractivity contribution in [2.24, 2.45) is 0 Å². The fourth-order valence-corrected chi connectivity index (χ4v) is 3.51. The van der Waals surface area contributed by atoms with Crippen LogP contribution in [0.25, 0.3) is 27.6 Å². The second-order valence-electron chi connectivity index (χ2n) is 5.87. The molecule has 0 atom stereocenters. The maximum atomic E-state index is 12.0. The Kier molecular flexibility index (Phi) is 5.03. The maximum absolute atomic E-state index is 12.0. The Balaban J connectivity index is 1.40. The number of aromatic nitrogens is 2. The molecule has 4 rings (SSSR count). The van der Waals surface area contributed by atoms with E-state index >= 15 is 0 Å². The molecular weight excluding hydrogens is 356 g/mol. The molecule has 4 nitrogen and oxygen atoms in total. The zero-order chi connectivity index (χ0) is 18.5. The maximum Gasteiger partial charge on any atom is 0.331 e. The van der Waals surface area contributed by atoms with Crippen molar-refractivity contribution in [2.75, 3.05) is 0 Å². The normalized spacial score (nSPS) is 11.1. The smallest absolute Gasteiger partial charge is 0.331 e. The monoisotopic (exact) mass is 372 g/mol. The topological polar surface area (TPSA) is 52.1 Å². The first-order chi connectivity index (χ1) is 13.3. The molecule has 0 N–H and O–H groups in total. The Bertz CT molecular complexity index is 1100. The minimum Gasteiger partial charge on any atom is -0.456 e. The van der Waals surface area contributed by atoms with E-state index in [1.54, 1.807) is 12.3 Å². The van der Waals surface area contributed by atoms with Gasteiger partial charge in [-0.3, -0.25) is 4.98 Å². The first-order valence-corrected chi connectivity index (χ1v) is 9.36. The van der Waals surface area contributed by atoms with E-state index in [1.165, 1.54) is 17.4 Å². The van der Waals surface area contributed by atoms with Gasteiger partial charge in [-0.1, -0.05) is 54.6 Å². The summed E-state index contributed by atoms with van der Waals surface area (Å²) in [5.41, 5.74) is 3.54. The van der Waals surface area contributed by atoms with Crippen molar-refractivity contribution in [3.05, 3.63) is 89.6 Å². The summed E-state index contributed by atoms with van der Waals surface area (Å²) in [6.45, 7) is 0.153. The summed E-state index contributed by atoms with van der Waals surface area (Å²) in [5, 5.41) is 3.86. The van der Waals surface area contributed by atoms with E-state index in [9.17, 15) is 4.79 Å². The average Bonchev–Trinajstić information content (AvgIpc) is 3.20. The highest BCUT2D eigenvalue weighted by atomic mass is 32.1. The second-order valence-corrected chi connectivity index (χ2v) is 6.73. The number of fused-ring (bicyclic) bond motifs is 1. The molecule has 0 radical (unpaired) electrons. The van der Waals surface area contributed by atoms with Gasteiger partial charge in [0.25, 0.3) is 0 Å². The van der Waals surface area contributed by atoms with Crippen molar-refractivity contribution in [3.8, 4) is 10.6 Å². The Hall–Kier alpha value is -3.31. The molecule has 0 aliphatic carbocycles. The predicted molar refractivity (Wildman–Crippen MR) is 108 cm³/mol. The van der Waals surface area contributed by atoms with Crippen LogP contribution in [0.15, 0.2) is 78.3 Å². The molecule has 5 heteroatoms. The molecule has 0 spiro atoms. The van der Waals surface area contributed by atoms with Gasteiger partial charge in [0.2, 0.25) is 0 Å². The number of thiazole rings is 1. The fraction of sp³-hybridized carbons (Fsp3) is 0.0455. The van der Waals surface area contributed by atoms with Crippen molar-refractivity contribution < 1.29 is 9.53 Å². The van der Waals surface area contributed by atoms with Gasteiger partial charge in [0.1, 0.15) is 11.6 Å². The van der Waals surface area contributed by atoms with Crippen LogP contribution in [-0.2, 0) is 16.1 Å². The van der Waals surface area contributed by atoms with Crippen LogP contribution in [0.2, 0.25) is 0 Å². The van der Waals surface area contributed by atoms with Gasteiger partial charge in [-0.15, -0.1) is 11.3 Å². The van der Waals surface area contributed by atoms with E-state index in [2.05, 4.69) is 9.97 Å². The third-order valence-corrected chi connectivity index (χ3v) is 4.94. The molecule has 0 saturated carbocycles. The Labute approximate surface area is 160 Å². The van der Waals surface area contributed by atoms with Crippen LogP contribution in [0.1, 0.15) is 11.3 Å². The summed E-state index contributed by atoms with van der Waals surface area (Å²) in [6.07, 6.45) is 4.90. The number of ether oxygens (including phenoxy) is 1. The summed E-state index contributed by atoms with van der Waals surface area (Å²) in [6, 6.07) is 19.7. The molecule has 0 saturated heterocycles. The van der Waals surface area contributed by atoms with E-state index in [1.807, 2.05) is 66.0 Å². The van der Waals surface area contributed by atoms with E-state index in [0.29, 0.717) is 0 Å². The number of para-hydroxylation sites is 1. The number of hydrogen-bond donors (Lipinski definition) is 0. The van der Waals surface area contributed by atoms with Gasteiger partial charge in [0.15, 0.2) is 0 Å². The number of carbonyl (C=O) groups excluding carboxylic acids is 1. The summed E-state index contributed by atoms with van der Waals surface area (Å²) < 4.78 is 5.31. The second kappa shape index (κ2) is 7.93. The molecule has 4 aromatic rings. The number of carbonyl (C=O) groups is 1. The first kappa shape index (κ1) is 17.1. The molecular formula is C22H16N2O2S. The zero-order valence-corrected chi connectivity index (χ0v) is 15.2. The number of esters is 1. The first-order valence-electron chi connectivity index (χ1n) is 8.48. The molecule has 0 amide bonds. The Morgan fingerprint density at radius 3 is 2.78 bits per heavy atom. The van der Waals surface area contributed by atoms with Gasteiger partial charge in [0, 0.05) is 34.2 Å². The van der Waals surface area contributed by atoms with Crippen LogP contribution in [0.3, 0.4) is 0 Å². The summed E-state index contributed by atoms with van der Waals surface area (Å²) in [5.74, 6) is -0.405. The Morgan fingerprint density at radius 1 is 1.04 bits per heavy atom. The molecule has 0 aliphatic heterocycles. The summed E-state index contributed by atoms with van der Waals surface area (Å²) >= 11 is 1.54. The number of pyridine rings is 1. The van der Waals surface area contributed by atoms with Crippen molar-refractivity contribution in [2.45, 2.75) is 6.61 Å². The largest absolute Gasteiger partial charge is 0.456 e. The van der Waals surface area contributed by atoms with Gasteiger partial charge in [0.05, 0.1) is 11.2 Å². The van der Waals surface area contributed by atoms with Crippen molar-refractivity contribution >= 4 is 34.3 Å². The molecule has 0 bridgehead atoms. The van der Waals surface area contributed by atoms with Crippen LogP contribution in [0.5, 0.6) is 0 Å². The van der Waals surface area contributed by atoms with Gasteiger partial charge >= 0.3 is 5.97 Å². The van der Waals surface area contributed by atoms with Gasteiger partial charge in [-0.2, -0.15) is 0 Å². The van der Waals surface area contributed by atoms with Gasteiger partial charge in [-0.25, -0.2) is 9.78 Å². The number of benzene rings is 2. The molecule has 132 valence electrons. The number of hydrogen-bond acceptors (Lipinski definition) is 5. The highest BCUT2D eigenvalue weighted by molar-refractivity contribution is 7.13. The number of nitrogens with zero attached hydrogens (tertiary/aromatic N) is 2. The Morgan fingerprint density at radius 2 is 1.89 bits per heavy atom. The molecule has 2 aromatic carbocycles. The average molecular weight is 372 g/mol. The van der Waals surface area contributed by atoms with E-state index in [4.69, 9.17) is 4.74 Å². The lowest BCUT2D eigenvalue weighted by atomic mass is 10.1. The molecule has 0 fully saturated rings. The van der Waals surface area contributed by atoms with E-state index in [-0.39, 0.29) is 6.61 Å². The van der Waals surface area contributed by atoms with Gasteiger partial charge in [-0.05, 0) is 12.1 Å². The van der Waals surface area contributed by atoms with Crippen LogP contribution in [0.4, 0.5) is 0 Å². The summed E-state index contributed by atoms with van der Waals surface area (Å²) in [4.78, 5) is 20.9. The third-order valence-electron chi connectivity index (χ3n) is 4.00.